The number of aryl methyl sites for hydroxylation is 2. The van der Waals surface area contributed by atoms with E-state index in [0.717, 1.165) is 17.7 Å². The van der Waals surface area contributed by atoms with Crippen molar-refractivity contribution in [3.63, 3.8) is 0 Å². The Morgan fingerprint density at radius 3 is 1.78 bits per heavy atom. The van der Waals surface area contributed by atoms with Gasteiger partial charge in [-0.25, -0.2) is 0 Å². The lowest BCUT2D eigenvalue weighted by atomic mass is 9.86. The maximum absolute atomic E-state index is 4.92. The number of hydrogen-bond acceptors (Lipinski definition) is 1. The Bertz CT molecular complexity index is 1500. The zero-order valence-corrected chi connectivity index (χ0v) is 25.9. The van der Waals surface area contributed by atoms with E-state index in [1.165, 1.54) is 95.2 Å². The minimum atomic E-state index is 0.992. The number of allylic oxidation sites excluding steroid dienone is 6. The molecule has 0 aliphatic heterocycles. The fraction of sp³-hybridized carbons (Fsp3) is 0.300. The highest BCUT2D eigenvalue weighted by Gasteiger charge is 2.14. The second-order valence-electron chi connectivity index (χ2n) is 11.0. The van der Waals surface area contributed by atoms with E-state index in [9.17, 15) is 0 Å². The Labute approximate surface area is 254 Å². The Morgan fingerprint density at radius 2 is 1.12 bits per heavy atom. The van der Waals surface area contributed by atoms with Crippen LogP contribution in [0.25, 0.3) is 32.5 Å². The molecule has 0 unspecified atom stereocenters. The first-order chi connectivity index (χ1) is 20.2. The third-order valence-corrected chi connectivity index (χ3v) is 8.30. The van der Waals surface area contributed by atoms with Crippen molar-refractivity contribution in [1.82, 2.24) is 0 Å². The van der Waals surface area contributed by atoms with Gasteiger partial charge in [0.05, 0.1) is 0 Å². The smallest absolute Gasteiger partial charge is 0.0113 e. The van der Waals surface area contributed by atoms with Gasteiger partial charge in [0, 0.05) is 4.91 Å². The summed E-state index contributed by atoms with van der Waals surface area (Å²) < 4.78 is 0. The Kier molecular flexibility index (Phi) is 12.6. The largest absolute Gasteiger partial charge is 0.143 e. The predicted octanol–water partition coefficient (Wildman–Crippen LogP) is 12.3. The number of thiol groups is 1. The summed E-state index contributed by atoms with van der Waals surface area (Å²) in [6, 6.07) is 26.5. The van der Waals surface area contributed by atoms with Crippen molar-refractivity contribution in [3.05, 3.63) is 132 Å². The molecule has 0 bridgehead atoms. The highest BCUT2D eigenvalue weighted by molar-refractivity contribution is 7.90. The molecule has 1 heteroatoms. The van der Waals surface area contributed by atoms with E-state index < -0.39 is 0 Å². The Balaban J connectivity index is 1.63. The molecule has 4 aromatic rings. The number of unbranched alkanes of at least 4 members (excludes halogenated alkanes) is 6. The molecule has 0 fully saturated rings. The lowest BCUT2D eigenvalue weighted by Gasteiger charge is -2.18. The molecule has 4 aromatic carbocycles. The van der Waals surface area contributed by atoms with Crippen LogP contribution in [0.15, 0.2) is 109 Å². The molecule has 41 heavy (non-hydrogen) atoms. The van der Waals surface area contributed by atoms with Gasteiger partial charge in [0.2, 0.25) is 0 Å². The standard InChI is InChI=1S/C40H46S/c1-3-5-7-16-24-36-34-26-19-20-27-35(34)37(25-17-8-6-4-2)39-31-33(29-30-38(36)39)40(41)28-18-11-9-10-13-21-32-22-14-12-15-23-32/h9-15,18-23,26-31,41H,3-8,16-17,24-25H2,1-2H3/b10-9+,18-11+,21-13+,40-28-. The molecule has 0 atom stereocenters. The molecule has 0 nitrogen and oxygen atoms in total. The second-order valence-corrected chi connectivity index (χ2v) is 11.5. The number of fused-ring (bicyclic) bond motifs is 2. The summed E-state index contributed by atoms with van der Waals surface area (Å²) in [5.41, 5.74) is 5.42. The van der Waals surface area contributed by atoms with Gasteiger partial charge in [0.15, 0.2) is 0 Å². The maximum atomic E-state index is 4.92. The zero-order chi connectivity index (χ0) is 28.7. The van der Waals surface area contributed by atoms with E-state index in [0.29, 0.717) is 0 Å². The van der Waals surface area contributed by atoms with Crippen LogP contribution in [0.5, 0.6) is 0 Å². The molecule has 0 saturated heterocycles. The van der Waals surface area contributed by atoms with Crippen LogP contribution in [0.2, 0.25) is 0 Å². The highest BCUT2D eigenvalue weighted by atomic mass is 32.1. The third-order valence-electron chi connectivity index (χ3n) is 7.89. The van der Waals surface area contributed by atoms with Gasteiger partial charge in [-0.3, -0.25) is 0 Å². The first-order valence-electron chi connectivity index (χ1n) is 15.6. The quantitative estimate of drug-likeness (QED) is 0.0638. The van der Waals surface area contributed by atoms with Gasteiger partial charge in [0.25, 0.3) is 0 Å². The number of hydrogen-bond donors (Lipinski definition) is 1. The van der Waals surface area contributed by atoms with Crippen molar-refractivity contribution in [2.75, 3.05) is 0 Å². The molecule has 4 rings (SSSR count). The molecule has 212 valence electrons. The average molecular weight is 559 g/mol. The van der Waals surface area contributed by atoms with Crippen molar-refractivity contribution in [3.8, 4) is 0 Å². The van der Waals surface area contributed by atoms with E-state index in [1.807, 2.05) is 6.07 Å². The van der Waals surface area contributed by atoms with E-state index in [2.05, 4.69) is 123 Å². The van der Waals surface area contributed by atoms with Crippen LogP contribution >= 0.6 is 12.6 Å². The minimum Gasteiger partial charge on any atom is -0.143 e. The van der Waals surface area contributed by atoms with Crippen LogP contribution in [0.3, 0.4) is 0 Å². The van der Waals surface area contributed by atoms with Crippen molar-refractivity contribution < 1.29 is 0 Å². The summed E-state index contributed by atoms with van der Waals surface area (Å²) in [7, 11) is 0. The van der Waals surface area contributed by atoms with Gasteiger partial charge < -0.3 is 0 Å². The molecule has 0 aliphatic rings. The summed E-state index contributed by atoms with van der Waals surface area (Å²) in [5, 5.41) is 5.74. The van der Waals surface area contributed by atoms with Gasteiger partial charge >= 0.3 is 0 Å². The van der Waals surface area contributed by atoms with Crippen molar-refractivity contribution in [1.29, 1.82) is 0 Å². The average Bonchev–Trinajstić information content (AvgIpc) is 3.01. The normalized spacial score (nSPS) is 12.6. The summed E-state index contributed by atoms with van der Waals surface area (Å²) in [4.78, 5) is 0.992. The number of rotatable bonds is 15. The monoisotopic (exact) mass is 558 g/mol. The minimum absolute atomic E-state index is 0.992. The highest BCUT2D eigenvalue weighted by Crippen LogP contribution is 2.37. The number of benzene rings is 4. The van der Waals surface area contributed by atoms with Crippen molar-refractivity contribution in [2.24, 2.45) is 0 Å². The SMILES string of the molecule is CCCCCCc1c2ccccc2c(CCCCCC)c2cc(/C(S)=C/C=C/C=C/C=C/c3ccccc3)ccc12. The van der Waals surface area contributed by atoms with E-state index in [1.54, 1.807) is 0 Å². The summed E-state index contributed by atoms with van der Waals surface area (Å²) in [6.45, 7) is 4.58. The molecule has 0 amide bonds. The van der Waals surface area contributed by atoms with Crippen LogP contribution in [-0.4, -0.2) is 0 Å². The topological polar surface area (TPSA) is 0 Å². The van der Waals surface area contributed by atoms with Crippen molar-refractivity contribution in [2.45, 2.75) is 78.1 Å². The molecule has 0 aliphatic carbocycles. The van der Waals surface area contributed by atoms with Gasteiger partial charge in [-0.1, -0.05) is 156 Å². The summed E-state index contributed by atoms with van der Waals surface area (Å²) >= 11 is 4.92. The Hall–Kier alpha value is -3.29. The van der Waals surface area contributed by atoms with E-state index >= 15 is 0 Å². The third kappa shape index (κ3) is 8.85. The molecule has 0 radical (unpaired) electrons. The van der Waals surface area contributed by atoms with Crippen LogP contribution in [-0.2, 0) is 12.8 Å². The molecular formula is C40H46S. The molecule has 0 heterocycles. The summed E-state index contributed by atoms with van der Waals surface area (Å²) in [5.74, 6) is 0. The fourth-order valence-electron chi connectivity index (χ4n) is 5.68. The second kappa shape index (κ2) is 16.8. The van der Waals surface area contributed by atoms with Crippen LogP contribution < -0.4 is 0 Å². The van der Waals surface area contributed by atoms with Gasteiger partial charge in [-0.15, -0.1) is 12.6 Å². The first kappa shape index (κ1) is 30.7. The molecule has 0 N–H and O–H groups in total. The fourth-order valence-corrected chi connectivity index (χ4v) is 5.90. The van der Waals surface area contributed by atoms with Gasteiger partial charge in [-0.05, 0) is 81.6 Å². The molecule has 0 saturated carbocycles. The van der Waals surface area contributed by atoms with E-state index in [4.69, 9.17) is 12.6 Å². The zero-order valence-electron chi connectivity index (χ0n) is 25.0. The van der Waals surface area contributed by atoms with Crippen molar-refractivity contribution >= 4 is 45.2 Å². The van der Waals surface area contributed by atoms with Gasteiger partial charge in [0.1, 0.15) is 0 Å². The van der Waals surface area contributed by atoms with Crippen LogP contribution in [0.1, 0.15) is 87.5 Å². The Morgan fingerprint density at radius 1 is 0.561 bits per heavy atom. The molecular weight excluding hydrogens is 513 g/mol. The lowest BCUT2D eigenvalue weighted by molar-refractivity contribution is 0.668. The lowest BCUT2D eigenvalue weighted by Crippen LogP contribution is -1.98. The van der Waals surface area contributed by atoms with Crippen LogP contribution in [0.4, 0.5) is 0 Å². The molecule has 0 aromatic heterocycles. The van der Waals surface area contributed by atoms with E-state index in [-0.39, 0.29) is 0 Å². The van der Waals surface area contributed by atoms with Crippen LogP contribution in [0, 0.1) is 0 Å². The van der Waals surface area contributed by atoms with Gasteiger partial charge in [-0.2, -0.15) is 0 Å². The first-order valence-corrected chi connectivity index (χ1v) is 16.1. The maximum Gasteiger partial charge on any atom is 0.0113 e. The predicted molar refractivity (Wildman–Crippen MR) is 188 cm³/mol. The molecule has 0 spiro atoms. The summed E-state index contributed by atoms with van der Waals surface area (Å²) in [6.07, 6.45) is 27.1.